The van der Waals surface area contributed by atoms with Crippen LogP contribution in [0.15, 0.2) is 30.5 Å². The lowest BCUT2D eigenvalue weighted by atomic mass is 10.0. The number of hydrogen-bond acceptors (Lipinski definition) is 7. The fourth-order valence-electron chi connectivity index (χ4n) is 4.30. The Hall–Kier alpha value is -2.87. The number of nitrogens with one attached hydrogen (secondary N) is 1. The van der Waals surface area contributed by atoms with Gasteiger partial charge in [0.05, 0.1) is 7.11 Å². The summed E-state index contributed by atoms with van der Waals surface area (Å²) in [4.78, 5) is 26.2. The number of amides is 1. The van der Waals surface area contributed by atoms with Gasteiger partial charge in [-0.3, -0.25) is 4.79 Å². The topological polar surface area (TPSA) is 96.6 Å². The van der Waals surface area contributed by atoms with Crippen LogP contribution in [0.25, 0.3) is 0 Å². The number of nitrogen functional groups attached to an aromatic ring is 1. The van der Waals surface area contributed by atoms with Crippen LogP contribution >= 0.6 is 0 Å². The normalized spacial score (nSPS) is 18.2. The highest BCUT2D eigenvalue weighted by Gasteiger charge is 2.27. The average Bonchev–Trinajstić information content (AvgIpc) is 2.80. The van der Waals surface area contributed by atoms with Crippen LogP contribution in [-0.4, -0.2) is 60.1 Å². The molecule has 30 heavy (non-hydrogen) atoms. The number of likely N-dealkylation sites (tertiary alicyclic amines) is 1. The van der Waals surface area contributed by atoms with E-state index in [9.17, 15) is 4.79 Å². The highest BCUT2D eigenvalue weighted by Crippen LogP contribution is 2.24. The summed E-state index contributed by atoms with van der Waals surface area (Å²) in [6.45, 7) is 4.29. The number of ether oxygens (including phenoxy) is 1. The van der Waals surface area contributed by atoms with Crippen LogP contribution in [0.1, 0.15) is 42.5 Å². The zero-order valence-electron chi connectivity index (χ0n) is 17.5. The Morgan fingerprint density at radius 2 is 1.80 bits per heavy atom. The number of nitrogens with two attached hydrogens (primary N) is 1. The summed E-state index contributed by atoms with van der Waals surface area (Å²) in [5, 5.41) is 2.82. The van der Waals surface area contributed by atoms with Crippen molar-refractivity contribution in [3.05, 3.63) is 36.0 Å². The molecule has 160 valence electrons. The predicted molar refractivity (Wildman–Crippen MR) is 118 cm³/mol. The highest BCUT2D eigenvalue weighted by molar-refractivity contribution is 6.07. The maximum Gasteiger partial charge on any atom is 0.260 e. The fraction of sp³-hybridized carbons (Fsp3) is 0.500. The molecule has 8 heteroatoms. The lowest BCUT2D eigenvalue weighted by molar-refractivity contribution is 0.102. The number of nitrogens with zero attached hydrogens (tertiary/aromatic N) is 4. The van der Waals surface area contributed by atoms with Crippen molar-refractivity contribution in [2.24, 2.45) is 0 Å². The van der Waals surface area contributed by atoms with Crippen molar-refractivity contribution >= 4 is 23.4 Å². The number of carbonyl (C=O) groups excluding carboxylic acids is 1. The molecule has 2 aliphatic heterocycles. The quantitative estimate of drug-likeness (QED) is 0.782. The van der Waals surface area contributed by atoms with E-state index in [0.29, 0.717) is 17.7 Å². The van der Waals surface area contributed by atoms with E-state index < -0.39 is 0 Å². The van der Waals surface area contributed by atoms with E-state index in [-0.39, 0.29) is 17.3 Å². The largest absolute Gasteiger partial charge is 0.497 e. The van der Waals surface area contributed by atoms with Gasteiger partial charge in [-0.15, -0.1) is 0 Å². The second kappa shape index (κ2) is 9.30. The van der Waals surface area contributed by atoms with E-state index in [1.165, 1.54) is 38.5 Å². The molecule has 0 saturated carbocycles. The standard InChI is InChI=1S/C22H30N6O2/c1-30-18-7-5-16(6-8-18)25-21(29)19-15-24-22(26-20(19)23)28-13-9-17(10-14-28)27-11-3-2-4-12-27/h5-8,15,17H,2-4,9-14H2,1H3,(H,25,29)(H2,23,24,26). The molecule has 0 atom stereocenters. The first kappa shape index (κ1) is 20.4. The summed E-state index contributed by atoms with van der Waals surface area (Å²) in [6, 6.07) is 7.77. The van der Waals surface area contributed by atoms with Gasteiger partial charge in [0.1, 0.15) is 17.1 Å². The van der Waals surface area contributed by atoms with E-state index in [4.69, 9.17) is 10.5 Å². The number of methoxy groups -OCH3 is 1. The first-order valence-electron chi connectivity index (χ1n) is 10.7. The minimum atomic E-state index is -0.326. The SMILES string of the molecule is COc1ccc(NC(=O)c2cnc(N3CCC(N4CCCCC4)CC3)nc2N)cc1. The minimum Gasteiger partial charge on any atom is -0.497 e. The molecule has 2 fully saturated rings. The molecule has 8 nitrogen and oxygen atoms in total. The van der Waals surface area contributed by atoms with Gasteiger partial charge >= 0.3 is 0 Å². The Bertz CT molecular complexity index is 858. The number of rotatable bonds is 5. The molecular weight excluding hydrogens is 380 g/mol. The number of benzene rings is 1. The van der Waals surface area contributed by atoms with Gasteiger partial charge in [0, 0.05) is 31.0 Å². The van der Waals surface area contributed by atoms with Crippen molar-refractivity contribution in [3.8, 4) is 5.75 Å². The Morgan fingerprint density at radius 3 is 2.43 bits per heavy atom. The molecule has 1 aromatic heterocycles. The molecule has 0 aliphatic carbocycles. The third-order valence-corrected chi connectivity index (χ3v) is 6.05. The van der Waals surface area contributed by atoms with Crippen molar-refractivity contribution in [1.82, 2.24) is 14.9 Å². The molecular formula is C22H30N6O2. The maximum absolute atomic E-state index is 12.6. The molecule has 1 aromatic carbocycles. The molecule has 1 amide bonds. The van der Waals surface area contributed by atoms with Crippen molar-refractivity contribution in [2.45, 2.75) is 38.1 Å². The van der Waals surface area contributed by atoms with Gasteiger partial charge in [0.2, 0.25) is 5.95 Å². The Labute approximate surface area is 177 Å². The van der Waals surface area contributed by atoms with Gasteiger partial charge in [-0.25, -0.2) is 4.98 Å². The second-order valence-corrected chi connectivity index (χ2v) is 7.97. The fourth-order valence-corrected chi connectivity index (χ4v) is 4.30. The first-order valence-corrected chi connectivity index (χ1v) is 10.7. The van der Waals surface area contributed by atoms with Gasteiger partial charge in [0.25, 0.3) is 5.91 Å². The van der Waals surface area contributed by atoms with E-state index in [0.717, 1.165) is 31.7 Å². The van der Waals surface area contributed by atoms with Gasteiger partial charge in [-0.1, -0.05) is 6.42 Å². The van der Waals surface area contributed by atoms with E-state index in [2.05, 4.69) is 25.1 Å². The van der Waals surface area contributed by atoms with Gasteiger partial charge < -0.3 is 25.6 Å². The Kier molecular flexibility index (Phi) is 6.32. The van der Waals surface area contributed by atoms with Gasteiger partial charge in [0.15, 0.2) is 0 Å². The van der Waals surface area contributed by atoms with Crippen molar-refractivity contribution in [2.75, 3.05) is 49.2 Å². The van der Waals surface area contributed by atoms with Gasteiger partial charge in [-0.05, 0) is 63.0 Å². The third-order valence-electron chi connectivity index (χ3n) is 6.05. The molecule has 2 aliphatic rings. The third kappa shape index (κ3) is 4.64. The molecule has 0 spiro atoms. The minimum absolute atomic E-state index is 0.198. The van der Waals surface area contributed by atoms with Crippen LogP contribution in [0.2, 0.25) is 0 Å². The zero-order chi connectivity index (χ0) is 20.9. The predicted octanol–water partition coefficient (Wildman–Crippen LogP) is 2.77. The van der Waals surface area contributed by atoms with Crippen LogP contribution in [0.5, 0.6) is 5.75 Å². The summed E-state index contributed by atoms with van der Waals surface area (Å²) in [5.74, 6) is 1.20. The van der Waals surface area contributed by atoms with Crippen LogP contribution in [0.4, 0.5) is 17.5 Å². The molecule has 0 bridgehead atoms. The smallest absolute Gasteiger partial charge is 0.260 e. The van der Waals surface area contributed by atoms with Crippen molar-refractivity contribution in [1.29, 1.82) is 0 Å². The lowest BCUT2D eigenvalue weighted by Gasteiger charge is -2.40. The molecule has 0 unspecified atom stereocenters. The summed E-state index contributed by atoms with van der Waals surface area (Å²) in [6.07, 6.45) is 7.75. The number of piperidine rings is 2. The van der Waals surface area contributed by atoms with Crippen LogP contribution in [0.3, 0.4) is 0 Å². The Balaban J connectivity index is 1.36. The zero-order valence-corrected chi connectivity index (χ0v) is 17.5. The maximum atomic E-state index is 12.6. The molecule has 3 N–H and O–H groups in total. The molecule has 2 saturated heterocycles. The number of hydrogen-bond donors (Lipinski definition) is 2. The molecule has 0 radical (unpaired) electrons. The summed E-state index contributed by atoms with van der Waals surface area (Å²) in [7, 11) is 1.60. The first-order chi connectivity index (χ1) is 14.6. The van der Waals surface area contributed by atoms with Crippen LogP contribution in [0, 0.1) is 0 Å². The van der Waals surface area contributed by atoms with Crippen LogP contribution in [-0.2, 0) is 0 Å². The highest BCUT2D eigenvalue weighted by atomic mass is 16.5. The summed E-state index contributed by atoms with van der Waals surface area (Å²) < 4.78 is 5.13. The van der Waals surface area contributed by atoms with Gasteiger partial charge in [-0.2, -0.15) is 4.98 Å². The van der Waals surface area contributed by atoms with E-state index in [1.54, 1.807) is 31.4 Å². The molecule has 4 rings (SSSR count). The lowest BCUT2D eigenvalue weighted by Crippen LogP contribution is -2.47. The number of anilines is 3. The van der Waals surface area contributed by atoms with E-state index in [1.807, 2.05) is 0 Å². The summed E-state index contributed by atoms with van der Waals surface area (Å²) >= 11 is 0. The molecule has 3 heterocycles. The second-order valence-electron chi connectivity index (χ2n) is 7.97. The number of carbonyl (C=O) groups is 1. The monoisotopic (exact) mass is 410 g/mol. The average molecular weight is 411 g/mol. The Morgan fingerprint density at radius 1 is 1.10 bits per heavy atom. The van der Waals surface area contributed by atoms with E-state index >= 15 is 0 Å². The van der Waals surface area contributed by atoms with Crippen molar-refractivity contribution < 1.29 is 9.53 Å². The van der Waals surface area contributed by atoms with Crippen molar-refractivity contribution in [3.63, 3.8) is 0 Å². The molecule has 2 aromatic rings. The summed E-state index contributed by atoms with van der Waals surface area (Å²) in [5.41, 5.74) is 7.04. The van der Waals surface area contributed by atoms with Crippen LogP contribution < -0.4 is 20.7 Å². The number of aromatic nitrogens is 2.